The number of fused-ring (bicyclic) bond motifs is 1. The van der Waals surface area contributed by atoms with E-state index in [1.807, 2.05) is 6.07 Å². The summed E-state index contributed by atoms with van der Waals surface area (Å²) in [6, 6.07) is 6.17. The molecule has 1 aromatic carbocycles. The smallest absolute Gasteiger partial charge is 0.234 e. The van der Waals surface area contributed by atoms with Crippen LogP contribution in [0.3, 0.4) is 0 Å². The number of thioether (sulfide) groups is 1. The number of benzene rings is 1. The largest absolute Gasteiger partial charge is 0.330 e. The average Bonchev–Trinajstić information content (AvgIpc) is 2.27. The van der Waals surface area contributed by atoms with E-state index in [1.165, 1.54) is 5.56 Å². The Hall–Kier alpha value is -1.000. The third kappa shape index (κ3) is 2.16. The van der Waals surface area contributed by atoms with E-state index < -0.39 is 0 Å². The van der Waals surface area contributed by atoms with E-state index in [2.05, 4.69) is 24.4 Å². The van der Waals surface area contributed by atoms with Gasteiger partial charge in [0.1, 0.15) is 0 Å². The summed E-state index contributed by atoms with van der Waals surface area (Å²) in [7, 11) is 0. The molecule has 1 aromatic rings. The number of hydrogen-bond acceptors (Lipinski definition) is 3. The molecule has 15 heavy (non-hydrogen) atoms. The second-order valence-electron chi connectivity index (χ2n) is 3.73. The normalized spacial score (nSPS) is 16.8. The summed E-state index contributed by atoms with van der Waals surface area (Å²) in [5, 5.41) is 2.88. The van der Waals surface area contributed by atoms with Crippen molar-refractivity contribution in [1.29, 1.82) is 0 Å². The summed E-state index contributed by atoms with van der Waals surface area (Å²) in [5.74, 6) is 0.919. The minimum atomic E-state index is 0.0741. The van der Waals surface area contributed by atoms with E-state index in [0.29, 0.717) is 18.2 Å². The van der Waals surface area contributed by atoms with Crippen LogP contribution in [0.1, 0.15) is 18.4 Å². The van der Waals surface area contributed by atoms with Gasteiger partial charge in [-0.05, 0) is 30.2 Å². The Bertz CT molecular complexity index is 392. The first-order chi connectivity index (χ1) is 7.20. The maximum absolute atomic E-state index is 11.2. The Morgan fingerprint density at radius 3 is 3.13 bits per heavy atom. The monoisotopic (exact) mass is 222 g/mol. The van der Waals surface area contributed by atoms with Crippen LogP contribution in [0.25, 0.3) is 0 Å². The van der Waals surface area contributed by atoms with Crippen molar-refractivity contribution in [3.8, 4) is 0 Å². The number of rotatable bonds is 2. The topological polar surface area (TPSA) is 55.1 Å². The lowest BCUT2D eigenvalue weighted by Gasteiger charge is -2.18. The van der Waals surface area contributed by atoms with E-state index in [0.717, 1.165) is 10.6 Å². The Kier molecular flexibility index (Phi) is 2.98. The standard InChI is InChI=1S/C11H14N2OS/c1-7(5-12)8-2-3-10-9(4-8)13-11(14)6-15-10/h2-4,7H,5-6,12H2,1H3,(H,13,14). The van der Waals surface area contributed by atoms with Gasteiger partial charge in [-0.25, -0.2) is 0 Å². The highest BCUT2D eigenvalue weighted by Gasteiger charge is 2.16. The van der Waals surface area contributed by atoms with Gasteiger partial charge in [0.15, 0.2) is 0 Å². The molecule has 3 nitrogen and oxygen atoms in total. The SMILES string of the molecule is CC(CN)c1ccc2c(c1)NC(=O)CS2. The molecule has 3 N–H and O–H groups in total. The average molecular weight is 222 g/mol. The molecule has 0 fully saturated rings. The molecular weight excluding hydrogens is 208 g/mol. The minimum absolute atomic E-state index is 0.0741. The molecule has 4 heteroatoms. The summed E-state index contributed by atoms with van der Waals surface area (Å²) < 4.78 is 0. The number of nitrogens with one attached hydrogen (secondary N) is 1. The molecular formula is C11H14N2OS. The molecule has 1 aliphatic rings. The lowest BCUT2D eigenvalue weighted by Crippen LogP contribution is -2.19. The molecule has 0 radical (unpaired) electrons. The zero-order valence-electron chi connectivity index (χ0n) is 8.62. The van der Waals surface area contributed by atoms with Gasteiger partial charge < -0.3 is 11.1 Å². The highest BCUT2D eigenvalue weighted by Crippen LogP contribution is 2.33. The quantitative estimate of drug-likeness (QED) is 0.802. The van der Waals surface area contributed by atoms with Gasteiger partial charge in [0.25, 0.3) is 0 Å². The van der Waals surface area contributed by atoms with Crippen molar-refractivity contribution in [1.82, 2.24) is 0 Å². The molecule has 1 amide bonds. The summed E-state index contributed by atoms with van der Waals surface area (Å²) >= 11 is 1.58. The first-order valence-corrected chi connectivity index (χ1v) is 5.96. The van der Waals surface area contributed by atoms with Crippen LogP contribution in [0.15, 0.2) is 23.1 Å². The minimum Gasteiger partial charge on any atom is -0.330 e. The summed E-state index contributed by atoms with van der Waals surface area (Å²) in [5.41, 5.74) is 7.72. The molecule has 0 saturated carbocycles. The fraction of sp³-hybridized carbons (Fsp3) is 0.364. The van der Waals surface area contributed by atoms with Crippen LogP contribution in [0.2, 0.25) is 0 Å². The van der Waals surface area contributed by atoms with Crippen LogP contribution in [0.4, 0.5) is 5.69 Å². The Morgan fingerprint density at radius 2 is 2.40 bits per heavy atom. The van der Waals surface area contributed by atoms with Gasteiger partial charge in [0, 0.05) is 4.90 Å². The lowest BCUT2D eigenvalue weighted by molar-refractivity contribution is -0.113. The zero-order valence-corrected chi connectivity index (χ0v) is 9.43. The second kappa shape index (κ2) is 4.24. The molecule has 80 valence electrons. The molecule has 1 heterocycles. The first-order valence-electron chi connectivity index (χ1n) is 4.97. The number of amides is 1. The predicted octanol–water partition coefficient (Wildman–Crippen LogP) is 1.79. The van der Waals surface area contributed by atoms with Gasteiger partial charge in [-0.15, -0.1) is 11.8 Å². The highest BCUT2D eigenvalue weighted by molar-refractivity contribution is 8.00. The summed E-state index contributed by atoms with van der Waals surface area (Å²) in [6.45, 7) is 2.71. The van der Waals surface area contributed by atoms with Gasteiger partial charge in [0.05, 0.1) is 11.4 Å². The summed E-state index contributed by atoms with van der Waals surface area (Å²) in [4.78, 5) is 12.4. The van der Waals surface area contributed by atoms with E-state index >= 15 is 0 Å². The van der Waals surface area contributed by atoms with Crippen LogP contribution >= 0.6 is 11.8 Å². The van der Waals surface area contributed by atoms with Crippen LogP contribution in [-0.2, 0) is 4.79 Å². The van der Waals surface area contributed by atoms with Crippen molar-refractivity contribution >= 4 is 23.4 Å². The third-order valence-electron chi connectivity index (χ3n) is 2.56. The van der Waals surface area contributed by atoms with E-state index in [1.54, 1.807) is 11.8 Å². The Balaban J connectivity index is 2.32. The maximum Gasteiger partial charge on any atom is 0.234 e. The molecule has 1 unspecified atom stereocenters. The maximum atomic E-state index is 11.2. The highest BCUT2D eigenvalue weighted by atomic mass is 32.2. The van der Waals surface area contributed by atoms with Crippen molar-refractivity contribution in [3.05, 3.63) is 23.8 Å². The molecule has 0 aromatic heterocycles. The second-order valence-corrected chi connectivity index (χ2v) is 4.75. The lowest BCUT2D eigenvalue weighted by atomic mass is 10.0. The number of nitrogens with two attached hydrogens (primary N) is 1. The molecule has 1 atom stereocenters. The number of hydrogen-bond donors (Lipinski definition) is 2. The van der Waals surface area contributed by atoms with Crippen LogP contribution in [0, 0.1) is 0 Å². The fourth-order valence-electron chi connectivity index (χ4n) is 1.54. The number of anilines is 1. The van der Waals surface area contributed by atoms with E-state index in [9.17, 15) is 4.79 Å². The van der Waals surface area contributed by atoms with Gasteiger partial charge >= 0.3 is 0 Å². The van der Waals surface area contributed by atoms with Crippen molar-refractivity contribution in [3.63, 3.8) is 0 Å². The van der Waals surface area contributed by atoms with E-state index in [4.69, 9.17) is 5.73 Å². The fourth-order valence-corrected chi connectivity index (χ4v) is 2.33. The van der Waals surface area contributed by atoms with Crippen molar-refractivity contribution < 1.29 is 4.79 Å². The number of carbonyl (C=O) groups is 1. The van der Waals surface area contributed by atoms with Gasteiger partial charge in [-0.3, -0.25) is 4.79 Å². The van der Waals surface area contributed by atoms with Crippen molar-refractivity contribution in [2.24, 2.45) is 5.73 Å². The molecule has 0 bridgehead atoms. The molecule has 0 saturated heterocycles. The van der Waals surface area contributed by atoms with Crippen LogP contribution < -0.4 is 11.1 Å². The zero-order chi connectivity index (χ0) is 10.8. The number of carbonyl (C=O) groups excluding carboxylic acids is 1. The van der Waals surface area contributed by atoms with Crippen molar-refractivity contribution in [2.75, 3.05) is 17.6 Å². The molecule has 1 aliphatic heterocycles. The Labute approximate surface area is 93.4 Å². The van der Waals surface area contributed by atoms with Gasteiger partial charge in [-0.1, -0.05) is 13.0 Å². The molecule has 0 spiro atoms. The molecule has 2 rings (SSSR count). The third-order valence-corrected chi connectivity index (χ3v) is 3.63. The van der Waals surface area contributed by atoms with Gasteiger partial charge in [-0.2, -0.15) is 0 Å². The summed E-state index contributed by atoms with van der Waals surface area (Å²) in [6.07, 6.45) is 0. The van der Waals surface area contributed by atoms with E-state index in [-0.39, 0.29) is 5.91 Å². The van der Waals surface area contributed by atoms with Crippen LogP contribution in [0.5, 0.6) is 0 Å². The Morgan fingerprint density at radius 1 is 1.60 bits per heavy atom. The van der Waals surface area contributed by atoms with Crippen molar-refractivity contribution in [2.45, 2.75) is 17.7 Å². The molecule has 0 aliphatic carbocycles. The predicted molar refractivity (Wildman–Crippen MR) is 63.3 cm³/mol. The first kappa shape index (κ1) is 10.5. The van der Waals surface area contributed by atoms with Gasteiger partial charge in [0.2, 0.25) is 5.91 Å². The van der Waals surface area contributed by atoms with Crippen LogP contribution in [-0.4, -0.2) is 18.2 Å².